The van der Waals surface area contributed by atoms with Gasteiger partial charge in [-0.05, 0) is 42.7 Å². The van der Waals surface area contributed by atoms with E-state index in [1.165, 1.54) is 0 Å². The predicted octanol–water partition coefficient (Wildman–Crippen LogP) is 4.44. The molecule has 1 amide bonds. The number of nitrogens with zero attached hydrogens (tertiary/aromatic N) is 6. The van der Waals surface area contributed by atoms with Gasteiger partial charge in [-0.2, -0.15) is 5.10 Å². The Morgan fingerprint density at radius 3 is 2.29 bits per heavy atom. The van der Waals surface area contributed by atoms with Gasteiger partial charge in [0.25, 0.3) is 5.91 Å². The molecule has 7 heteroatoms. The lowest BCUT2D eigenvalue weighted by atomic mass is 9.95. The van der Waals surface area contributed by atoms with Crippen molar-refractivity contribution in [3.63, 3.8) is 0 Å². The molecule has 6 rings (SSSR count). The Balaban J connectivity index is 1.19. The number of pyridine rings is 1. The number of likely N-dealkylation sites (tertiary alicyclic amines) is 1. The summed E-state index contributed by atoms with van der Waals surface area (Å²) in [4.78, 5) is 15.4. The fraction of sp³-hybridized carbons (Fsp3) is 0.259. The van der Waals surface area contributed by atoms with Gasteiger partial charge in [0.2, 0.25) is 0 Å². The number of carbonyl (C=O) groups excluding carboxylic acids is 1. The Kier molecular flexibility index (Phi) is 5.30. The first-order valence-electron chi connectivity index (χ1n) is 11.8. The Labute approximate surface area is 198 Å². The number of amides is 1. The van der Waals surface area contributed by atoms with Crippen LogP contribution in [0.15, 0.2) is 90.2 Å². The van der Waals surface area contributed by atoms with Crippen LogP contribution in [0.5, 0.6) is 0 Å². The molecule has 170 valence electrons. The van der Waals surface area contributed by atoms with Crippen LogP contribution in [0, 0.1) is 0 Å². The molecule has 1 unspecified atom stereocenters. The fourth-order valence-corrected chi connectivity index (χ4v) is 5.05. The van der Waals surface area contributed by atoms with E-state index in [1.54, 1.807) is 0 Å². The number of hydrogen-bond donors (Lipinski definition) is 0. The Morgan fingerprint density at radius 1 is 0.824 bits per heavy atom. The molecule has 2 aromatic carbocycles. The first-order chi connectivity index (χ1) is 16.8. The van der Waals surface area contributed by atoms with E-state index in [-0.39, 0.29) is 11.9 Å². The lowest BCUT2D eigenvalue weighted by molar-refractivity contribution is -0.125. The predicted molar refractivity (Wildman–Crippen MR) is 132 cm³/mol. The van der Waals surface area contributed by atoms with Crippen LogP contribution in [0.1, 0.15) is 42.6 Å². The minimum Gasteiger partial charge on any atom is -0.337 e. The molecule has 0 bridgehead atoms. The zero-order valence-electron chi connectivity index (χ0n) is 18.9. The van der Waals surface area contributed by atoms with Gasteiger partial charge < -0.3 is 4.90 Å². The van der Waals surface area contributed by atoms with Gasteiger partial charge >= 0.3 is 0 Å². The van der Waals surface area contributed by atoms with Crippen molar-refractivity contribution in [2.45, 2.75) is 31.2 Å². The first-order valence-corrected chi connectivity index (χ1v) is 11.8. The zero-order valence-corrected chi connectivity index (χ0v) is 18.9. The molecular formula is C27H26N6O. The topological polar surface area (TPSA) is 66.1 Å². The van der Waals surface area contributed by atoms with Crippen LogP contribution in [0.3, 0.4) is 0 Å². The van der Waals surface area contributed by atoms with Gasteiger partial charge in [0.15, 0.2) is 5.65 Å². The molecule has 2 aliphatic rings. The molecule has 2 aliphatic heterocycles. The van der Waals surface area contributed by atoms with Crippen molar-refractivity contribution in [3.8, 4) is 0 Å². The van der Waals surface area contributed by atoms with Gasteiger partial charge in [-0.3, -0.25) is 14.2 Å². The summed E-state index contributed by atoms with van der Waals surface area (Å²) in [6.45, 7) is 1.40. The zero-order chi connectivity index (χ0) is 22.9. The third-order valence-electron chi connectivity index (χ3n) is 6.85. The molecule has 0 aliphatic carbocycles. The van der Waals surface area contributed by atoms with Crippen LogP contribution >= 0.6 is 0 Å². The molecule has 4 aromatic rings. The Bertz CT molecular complexity index is 1330. The van der Waals surface area contributed by atoms with Gasteiger partial charge in [0.05, 0.1) is 11.7 Å². The van der Waals surface area contributed by atoms with Crippen LogP contribution < -0.4 is 5.01 Å². The molecule has 2 aromatic heterocycles. The Morgan fingerprint density at radius 2 is 1.53 bits per heavy atom. The highest BCUT2D eigenvalue weighted by atomic mass is 16.2. The summed E-state index contributed by atoms with van der Waals surface area (Å²) in [6.07, 6.45) is 4.36. The minimum absolute atomic E-state index is 0.0162. The number of hydrogen-bond acceptors (Lipinski definition) is 5. The fourth-order valence-electron chi connectivity index (χ4n) is 5.05. The number of anilines is 1. The summed E-state index contributed by atoms with van der Waals surface area (Å²) in [5.74, 6) is 1.33. The van der Waals surface area contributed by atoms with Gasteiger partial charge in [0.1, 0.15) is 11.5 Å². The second-order valence-corrected chi connectivity index (χ2v) is 8.91. The van der Waals surface area contributed by atoms with E-state index in [1.807, 2.05) is 82.8 Å². The molecule has 0 N–H and O–H groups in total. The van der Waals surface area contributed by atoms with Crippen molar-refractivity contribution >= 4 is 23.0 Å². The van der Waals surface area contributed by atoms with E-state index in [4.69, 9.17) is 5.10 Å². The largest absolute Gasteiger partial charge is 0.337 e. The van der Waals surface area contributed by atoms with E-state index >= 15 is 0 Å². The highest BCUT2D eigenvalue weighted by Crippen LogP contribution is 2.36. The van der Waals surface area contributed by atoms with Crippen LogP contribution in [0.2, 0.25) is 0 Å². The summed E-state index contributed by atoms with van der Waals surface area (Å²) in [6, 6.07) is 26.4. The van der Waals surface area contributed by atoms with Gasteiger partial charge in [-0.25, -0.2) is 0 Å². The quantitative estimate of drug-likeness (QED) is 0.461. The smallest absolute Gasteiger partial charge is 0.270 e. The second kappa shape index (κ2) is 8.74. The molecule has 7 nitrogen and oxygen atoms in total. The maximum atomic E-state index is 13.5. The van der Waals surface area contributed by atoms with E-state index in [0.717, 1.165) is 35.6 Å². The van der Waals surface area contributed by atoms with Crippen LogP contribution in [0.4, 0.5) is 5.69 Å². The van der Waals surface area contributed by atoms with E-state index in [2.05, 4.69) is 26.7 Å². The standard InChI is InChI=1S/C27H26N6O/c34-27(31-17-14-21(15-18-31)26-29-28-25-13-7-8-16-32(25)26)23-19-24(20-9-3-1-4-10-20)33(30-23)22-11-5-2-6-12-22/h1-13,16,21,24H,14-15,17-19H2. The van der Waals surface area contributed by atoms with Crippen molar-refractivity contribution in [1.29, 1.82) is 0 Å². The highest BCUT2D eigenvalue weighted by Gasteiger charge is 2.35. The molecule has 0 saturated carbocycles. The molecule has 0 spiro atoms. The van der Waals surface area contributed by atoms with Gasteiger partial charge in [0, 0.05) is 31.6 Å². The lowest BCUT2D eigenvalue weighted by Gasteiger charge is -2.31. The number of rotatable bonds is 4. The number of fused-ring (bicyclic) bond motifs is 1. The van der Waals surface area contributed by atoms with Crippen LogP contribution in [-0.4, -0.2) is 44.2 Å². The average molecular weight is 451 g/mol. The number of carbonyl (C=O) groups is 1. The lowest BCUT2D eigenvalue weighted by Crippen LogP contribution is -2.41. The monoisotopic (exact) mass is 450 g/mol. The Hall–Kier alpha value is -4.00. The molecule has 1 saturated heterocycles. The summed E-state index contributed by atoms with van der Waals surface area (Å²) in [7, 11) is 0. The third-order valence-corrected chi connectivity index (χ3v) is 6.85. The highest BCUT2D eigenvalue weighted by molar-refractivity contribution is 6.39. The van der Waals surface area contributed by atoms with Gasteiger partial charge in [-0.15, -0.1) is 10.2 Å². The summed E-state index contributed by atoms with van der Waals surface area (Å²) in [5.41, 5.74) is 3.65. The van der Waals surface area contributed by atoms with Crippen molar-refractivity contribution in [3.05, 3.63) is 96.4 Å². The average Bonchev–Trinajstić information content (AvgIpc) is 3.55. The van der Waals surface area contributed by atoms with Crippen molar-refractivity contribution in [2.75, 3.05) is 18.1 Å². The molecular weight excluding hydrogens is 424 g/mol. The third kappa shape index (κ3) is 3.73. The number of piperidine rings is 1. The summed E-state index contributed by atoms with van der Waals surface area (Å²) < 4.78 is 2.06. The SMILES string of the molecule is O=C(C1=NN(c2ccccc2)C(c2ccccc2)C1)N1CCC(c2nnc3ccccn23)CC1. The van der Waals surface area contributed by atoms with Crippen molar-refractivity contribution in [1.82, 2.24) is 19.5 Å². The molecule has 0 radical (unpaired) electrons. The number of para-hydroxylation sites is 1. The number of aromatic nitrogens is 3. The normalized spacial score (nSPS) is 18.9. The molecule has 1 atom stereocenters. The second-order valence-electron chi connectivity index (χ2n) is 8.91. The maximum Gasteiger partial charge on any atom is 0.270 e. The maximum absolute atomic E-state index is 13.5. The molecule has 4 heterocycles. The van der Waals surface area contributed by atoms with Gasteiger partial charge in [-0.1, -0.05) is 54.6 Å². The number of benzene rings is 2. The van der Waals surface area contributed by atoms with E-state index in [9.17, 15) is 4.79 Å². The van der Waals surface area contributed by atoms with E-state index < -0.39 is 0 Å². The van der Waals surface area contributed by atoms with Crippen molar-refractivity contribution in [2.24, 2.45) is 5.10 Å². The van der Waals surface area contributed by atoms with E-state index in [0.29, 0.717) is 31.1 Å². The number of hydrazone groups is 1. The molecule has 34 heavy (non-hydrogen) atoms. The summed E-state index contributed by atoms with van der Waals surface area (Å²) in [5, 5.41) is 15.6. The molecule has 1 fully saturated rings. The van der Waals surface area contributed by atoms with Crippen LogP contribution in [-0.2, 0) is 4.79 Å². The van der Waals surface area contributed by atoms with Crippen molar-refractivity contribution < 1.29 is 4.79 Å². The van der Waals surface area contributed by atoms with Crippen LogP contribution in [0.25, 0.3) is 5.65 Å². The minimum atomic E-state index is 0.0162. The first kappa shape index (κ1) is 20.6. The summed E-state index contributed by atoms with van der Waals surface area (Å²) >= 11 is 0.